The molecule has 0 spiro atoms. The molecule has 6 heteroatoms. The van der Waals surface area contributed by atoms with Crippen molar-refractivity contribution in [3.63, 3.8) is 0 Å². The van der Waals surface area contributed by atoms with Crippen LogP contribution in [-0.4, -0.2) is 19.9 Å². The van der Waals surface area contributed by atoms with Crippen LogP contribution in [0.2, 0.25) is 5.02 Å². The molecule has 4 nitrogen and oxygen atoms in total. The number of halogens is 1. The SMILES string of the molecule is CC1=C/C(O)=C\CCC(SCc2nn(C)cc2Cl)=N1. The van der Waals surface area contributed by atoms with Gasteiger partial charge in [0.15, 0.2) is 0 Å². The summed E-state index contributed by atoms with van der Waals surface area (Å²) in [7, 11) is 1.85. The van der Waals surface area contributed by atoms with Crippen LogP contribution in [0.5, 0.6) is 0 Å². The number of nitrogens with zero attached hydrogens (tertiary/aromatic N) is 3. The molecule has 0 saturated heterocycles. The van der Waals surface area contributed by atoms with Gasteiger partial charge in [-0.25, -0.2) is 0 Å². The van der Waals surface area contributed by atoms with Crippen molar-refractivity contribution < 1.29 is 5.11 Å². The topological polar surface area (TPSA) is 50.4 Å². The summed E-state index contributed by atoms with van der Waals surface area (Å²) in [5.74, 6) is 1.000. The quantitative estimate of drug-likeness (QED) is 0.902. The molecule has 102 valence electrons. The number of thioether (sulfide) groups is 1. The lowest BCUT2D eigenvalue weighted by Crippen LogP contribution is -1.98. The smallest absolute Gasteiger partial charge is 0.113 e. The maximum atomic E-state index is 9.50. The second-order valence-electron chi connectivity index (χ2n) is 4.35. The van der Waals surface area contributed by atoms with Crippen LogP contribution in [0.3, 0.4) is 0 Å². The van der Waals surface area contributed by atoms with Gasteiger partial charge in [0.2, 0.25) is 0 Å². The molecule has 0 bridgehead atoms. The standard InChI is InChI=1S/C13H16ClN3OS/c1-9-6-10(18)4-3-5-13(15-9)19-8-12-11(14)7-17(2)16-12/h4,6-7,18H,3,5,8H2,1-2H3/b9-6?,10-4+,15-13?. The number of aliphatic imine (C=N–C) groups is 1. The van der Waals surface area contributed by atoms with E-state index < -0.39 is 0 Å². The first-order chi connectivity index (χ1) is 9.04. The monoisotopic (exact) mass is 297 g/mol. The van der Waals surface area contributed by atoms with E-state index in [0.29, 0.717) is 10.8 Å². The van der Waals surface area contributed by atoms with Gasteiger partial charge in [0.1, 0.15) is 5.76 Å². The van der Waals surface area contributed by atoms with Gasteiger partial charge >= 0.3 is 0 Å². The Balaban J connectivity index is 2.03. The summed E-state index contributed by atoms with van der Waals surface area (Å²) in [4.78, 5) is 4.50. The molecule has 1 N–H and O–H groups in total. The van der Waals surface area contributed by atoms with Crippen LogP contribution in [0.4, 0.5) is 0 Å². The van der Waals surface area contributed by atoms with E-state index in [1.807, 2.05) is 20.0 Å². The van der Waals surface area contributed by atoms with E-state index >= 15 is 0 Å². The van der Waals surface area contributed by atoms with Gasteiger partial charge in [-0.05, 0) is 25.8 Å². The predicted octanol–water partition coefficient (Wildman–Crippen LogP) is 3.84. The first-order valence-electron chi connectivity index (χ1n) is 6.00. The Hall–Kier alpha value is -1.20. The molecule has 1 aromatic heterocycles. The highest BCUT2D eigenvalue weighted by Crippen LogP contribution is 2.23. The molecular formula is C13H16ClN3OS. The molecule has 2 heterocycles. The Labute approximate surface area is 121 Å². The minimum Gasteiger partial charge on any atom is -0.508 e. The highest BCUT2D eigenvalue weighted by atomic mass is 35.5. The Morgan fingerprint density at radius 1 is 1.53 bits per heavy atom. The van der Waals surface area contributed by atoms with E-state index in [1.165, 1.54) is 0 Å². The molecule has 0 amide bonds. The van der Waals surface area contributed by atoms with Crippen molar-refractivity contribution in [2.24, 2.45) is 12.0 Å². The third kappa shape index (κ3) is 4.14. The summed E-state index contributed by atoms with van der Waals surface area (Å²) >= 11 is 7.72. The molecule has 0 saturated carbocycles. The number of rotatable bonds is 2. The van der Waals surface area contributed by atoms with Gasteiger partial charge in [0, 0.05) is 30.8 Å². The Morgan fingerprint density at radius 3 is 3.00 bits per heavy atom. The number of aryl methyl sites for hydroxylation is 1. The first-order valence-corrected chi connectivity index (χ1v) is 7.37. The molecular weight excluding hydrogens is 282 g/mol. The molecule has 19 heavy (non-hydrogen) atoms. The van der Waals surface area contributed by atoms with Gasteiger partial charge < -0.3 is 5.11 Å². The molecule has 0 aromatic carbocycles. The van der Waals surface area contributed by atoms with E-state index in [2.05, 4.69) is 10.1 Å². The minimum atomic E-state index is 0.290. The minimum absolute atomic E-state index is 0.290. The third-order valence-corrected chi connectivity index (χ3v) is 3.96. The van der Waals surface area contributed by atoms with Crippen molar-refractivity contribution in [3.8, 4) is 0 Å². The van der Waals surface area contributed by atoms with Crippen molar-refractivity contribution in [3.05, 3.63) is 40.5 Å². The van der Waals surface area contributed by atoms with Crippen molar-refractivity contribution in [2.45, 2.75) is 25.5 Å². The van der Waals surface area contributed by atoms with Crippen LogP contribution in [0.15, 0.2) is 34.8 Å². The number of hydrogen-bond acceptors (Lipinski definition) is 4. The van der Waals surface area contributed by atoms with Crippen LogP contribution < -0.4 is 0 Å². The second kappa shape index (κ2) is 6.30. The lowest BCUT2D eigenvalue weighted by molar-refractivity contribution is 0.428. The van der Waals surface area contributed by atoms with Crippen LogP contribution >= 0.6 is 23.4 Å². The number of allylic oxidation sites excluding steroid dienone is 3. The van der Waals surface area contributed by atoms with E-state index in [9.17, 15) is 5.11 Å². The Morgan fingerprint density at radius 2 is 2.32 bits per heavy atom. The fourth-order valence-electron chi connectivity index (χ4n) is 1.76. The highest BCUT2D eigenvalue weighted by molar-refractivity contribution is 8.13. The van der Waals surface area contributed by atoms with Crippen molar-refractivity contribution in [1.29, 1.82) is 0 Å². The second-order valence-corrected chi connectivity index (χ2v) is 5.80. The summed E-state index contributed by atoms with van der Waals surface area (Å²) in [5, 5.41) is 15.5. The molecule has 1 aromatic rings. The predicted molar refractivity (Wildman–Crippen MR) is 80.7 cm³/mol. The van der Waals surface area contributed by atoms with Crippen LogP contribution in [0.1, 0.15) is 25.5 Å². The highest BCUT2D eigenvalue weighted by Gasteiger charge is 2.09. The lowest BCUT2D eigenvalue weighted by atomic mass is 10.2. The van der Waals surface area contributed by atoms with E-state index in [0.717, 1.165) is 29.3 Å². The summed E-state index contributed by atoms with van der Waals surface area (Å²) in [6.45, 7) is 1.88. The maximum Gasteiger partial charge on any atom is 0.113 e. The molecule has 0 fully saturated rings. The van der Waals surface area contributed by atoms with Gasteiger partial charge in [0.05, 0.1) is 15.8 Å². The average molecular weight is 298 g/mol. The molecule has 0 aliphatic carbocycles. The average Bonchev–Trinajstić information content (AvgIpc) is 2.62. The number of hydrogen-bond donors (Lipinski definition) is 1. The number of aliphatic hydroxyl groups excluding tert-OH is 1. The molecule has 2 rings (SSSR count). The fraction of sp³-hybridized carbons (Fsp3) is 0.385. The number of aliphatic hydroxyl groups is 1. The van der Waals surface area contributed by atoms with Crippen molar-refractivity contribution >= 4 is 28.4 Å². The van der Waals surface area contributed by atoms with Gasteiger partial charge in [-0.3, -0.25) is 9.67 Å². The molecule has 1 aliphatic rings. The van der Waals surface area contributed by atoms with Gasteiger partial charge in [-0.1, -0.05) is 11.6 Å². The zero-order chi connectivity index (χ0) is 13.8. The summed E-state index contributed by atoms with van der Waals surface area (Å²) < 4.78 is 1.71. The summed E-state index contributed by atoms with van der Waals surface area (Å²) in [5.41, 5.74) is 1.68. The number of aromatic nitrogens is 2. The maximum absolute atomic E-state index is 9.50. The largest absolute Gasteiger partial charge is 0.508 e. The normalized spacial score (nSPS) is 19.0. The van der Waals surface area contributed by atoms with E-state index in [1.54, 1.807) is 28.7 Å². The summed E-state index contributed by atoms with van der Waals surface area (Å²) in [6.07, 6.45) is 6.89. The van der Waals surface area contributed by atoms with Crippen LogP contribution in [0.25, 0.3) is 0 Å². The zero-order valence-electron chi connectivity index (χ0n) is 10.9. The molecule has 0 radical (unpaired) electrons. The molecule has 0 unspecified atom stereocenters. The lowest BCUT2D eigenvalue weighted by Gasteiger charge is -2.07. The van der Waals surface area contributed by atoms with Gasteiger partial charge in [0.25, 0.3) is 0 Å². The van der Waals surface area contributed by atoms with Gasteiger partial charge in [-0.15, -0.1) is 11.8 Å². The Bertz CT molecular complexity index is 560. The molecule has 1 aliphatic heterocycles. The third-order valence-electron chi connectivity index (χ3n) is 2.60. The van der Waals surface area contributed by atoms with E-state index in [4.69, 9.17) is 11.6 Å². The molecule has 0 atom stereocenters. The summed E-state index contributed by atoms with van der Waals surface area (Å²) in [6, 6.07) is 0. The fourth-order valence-corrected chi connectivity index (χ4v) is 3.07. The van der Waals surface area contributed by atoms with Crippen molar-refractivity contribution in [1.82, 2.24) is 9.78 Å². The first kappa shape index (κ1) is 14.2. The Kier molecular flexibility index (Phi) is 4.71. The van der Waals surface area contributed by atoms with E-state index in [-0.39, 0.29) is 5.76 Å². The zero-order valence-corrected chi connectivity index (χ0v) is 12.5. The van der Waals surface area contributed by atoms with Gasteiger partial charge in [-0.2, -0.15) is 5.10 Å². The van der Waals surface area contributed by atoms with Crippen LogP contribution in [0, 0.1) is 0 Å². The van der Waals surface area contributed by atoms with Crippen molar-refractivity contribution in [2.75, 3.05) is 0 Å². The van der Waals surface area contributed by atoms with Crippen LogP contribution in [-0.2, 0) is 12.8 Å².